The number of likely N-dealkylation sites (N-methyl/N-ethyl adjacent to an activating group) is 1. The molecular weight excluding hydrogens is 617 g/mol. The van der Waals surface area contributed by atoms with E-state index in [1.807, 2.05) is 60.7 Å². The Bertz CT molecular complexity index is 1780. The van der Waals surface area contributed by atoms with Gasteiger partial charge in [0.15, 0.2) is 12.2 Å². The molecule has 250 valence electrons. The third kappa shape index (κ3) is 6.61. The molecule has 48 heavy (non-hydrogen) atoms. The summed E-state index contributed by atoms with van der Waals surface area (Å²) in [6.07, 6.45) is -5.10. The molecule has 0 spiro atoms. The van der Waals surface area contributed by atoms with E-state index in [2.05, 4.69) is 27.1 Å². The first-order valence-corrected chi connectivity index (χ1v) is 16.0. The monoisotopic (exact) mass is 655 g/mol. The van der Waals surface area contributed by atoms with Gasteiger partial charge in [-0.05, 0) is 42.8 Å². The van der Waals surface area contributed by atoms with Crippen molar-refractivity contribution in [3.05, 3.63) is 83.9 Å². The normalized spacial score (nSPS) is 24.2. The Morgan fingerprint density at radius 1 is 1.04 bits per heavy atom. The third-order valence-corrected chi connectivity index (χ3v) is 9.07. The Labute approximate surface area is 277 Å². The molecule has 0 saturated carbocycles. The first-order valence-electron chi connectivity index (χ1n) is 16.0. The summed E-state index contributed by atoms with van der Waals surface area (Å²) < 4.78 is 17.3. The molecule has 1 unspecified atom stereocenters. The first kappa shape index (κ1) is 32.4. The van der Waals surface area contributed by atoms with Crippen LogP contribution in [0.3, 0.4) is 0 Å². The Morgan fingerprint density at radius 3 is 2.50 bits per heavy atom. The molecule has 3 fully saturated rings. The summed E-state index contributed by atoms with van der Waals surface area (Å²) in [5.41, 5.74) is 4.38. The maximum atomic E-state index is 12.7. The van der Waals surface area contributed by atoms with Gasteiger partial charge in [-0.1, -0.05) is 42.5 Å². The molecule has 4 aromatic rings. The molecule has 1 amide bonds. The predicted molar refractivity (Wildman–Crippen MR) is 180 cm³/mol. The summed E-state index contributed by atoms with van der Waals surface area (Å²) in [4.78, 5) is 25.1. The Balaban J connectivity index is 1.13. The molecule has 0 bridgehead atoms. The molecule has 3 aliphatic rings. The van der Waals surface area contributed by atoms with Gasteiger partial charge in [0.25, 0.3) is 0 Å². The van der Waals surface area contributed by atoms with Crippen LogP contribution in [0.1, 0.15) is 11.1 Å². The lowest BCUT2D eigenvalue weighted by atomic mass is 9.79. The molecule has 3 aliphatic heterocycles. The molecule has 6 N–H and O–H groups in total. The number of nitrogens with one attached hydrogen (secondary N) is 2. The Hall–Kier alpha value is -4.12. The highest BCUT2D eigenvalue weighted by molar-refractivity contribution is 6.62. The van der Waals surface area contributed by atoms with Gasteiger partial charge in [-0.2, -0.15) is 0 Å². The van der Waals surface area contributed by atoms with E-state index in [1.54, 1.807) is 12.1 Å². The SMILES string of the molecule is CN1CCN(CC(=O)Nc2ccc(N=C(c3ccccc3)c3c(O)[nH]c4cc(B5O[C@H]6[C@@H]([C@H](O)CO)OC(O)[C@@H]6O5)ccc34)cc2)CC1. The van der Waals surface area contributed by atoms with Crippen molar-refractivity contribution in [3.8, 4) is 5.88 Å². The number of H-pyrrole nitrogens is 1. The summed E-state index contributed by atoms with van der Waals surface area (Å²) in [5.74, 6) is -0.134. The second kappa shape index (κ2) is 13.8. The quantitative estimate of drug-likeness (QED) is 0.112. The van der Waals surface area contributed by atoms with Gasteiger partial charge in [0.1, 0.15) is 24.4 Å². The minimum Gasteiger partial charge on any atom is -0.494 e. The number of hydrogen-bond acceptors (Lipinski definition) is 11. The van der Waals surface area contributed by atoms with E-state index >= 15 is 0 Å². The lowest BCUT2D eigenvalue weighted by Crippen LogP contribution is -2.47. The molecule has 14 heteroatoms. The average molecular weight is 656 g/mol. The van der Waals surface area contributed by atoms with Gasteiger partial charge in [0.2, 0.25) is 5.91 Å². The van der Waals surface area contributed by atoms with Gasteiger partial charge < -0.3 is 49.7 Å². The number of amides is 1. The average Bonchev–Trinajstić information content (AvgIpc) is 3.77. The summed E-state index contributed by atoms with van der Waals surface area (Å²) in [5, 5.41) is 44.7. The zero-order valence-corrected chi connectivity index (χ0v) is 26.4. The van der Waals surface area contributed by atoms with Gasteiger partial charge in [-0.3, -0.25) is 9.69 Å². The number of benzene rings is 3. The molecule has 1 aromatic heterocycles. The lowest BCUT2D eigenvalue weighted by Gasteiger charge is -2.31. The number of nitrogens with zero attached hydrogens (tertiary/aromatic N) is 3. The van der Waals surface area contributed by atoms with Crippen LogP contribution in [0.5, 0.6) is 5.88 Å². The number of ether oxygens (including phenoxy) is 1. The van der Waals surface area contributed by atoms with Gasteiger partial charge in [0, 0.05) is 48.3 Å². The van der Waals surface area contributed by atoms with Gasteiger partial charge in [-0.15, -0.1) is 0 Å². The van der Waals surface area contributed by atoms with Crippen molar-refractivity contribution < 1.29 is 39.3 Å². The van der Waals surface area contributed by atoms with E-state index in [9.17, 15) is 25.2 Å². The van der Waals surface area contributed by atoms with Crippen molar-refractivity contribution >= 4 is 46.5 Å². The highest BCUT2D eigenvalue weighted by Crippen LogP contribution is 2.35. The minimum absolute atomic E-state index is 0.0624. The van der Waals surface area contributed by atoms with E-state index in [1.165, 1.54) is 0 Å². The number of piperazine rings is 1. The Morgan fingerprint density at radius 2 is 1.77 bits per heavy atom. The maximum Gasteiger partial charge on any atom is 0.494 e. The van der Waals surface area contributed by atoms with Crippen LogP contribution >= 0.6 is 0 Å². The van der Waals surface area contributed by atoms with Crippen molar-refractivity contribution in [3.63, 3.8) is 0 Å². The van der Waals surface area contributed by atoms with Gasteiger partial charge in [-0.25, -0.2) is 4.99 Å². The van der Waals surface area contributed by atoms with Crippen molar-refractivity contribution in [1.82, 2.24) is 14.8 Å². The number of anilines is 1. The molecule has 0 aliphatic carbocycles. The van der Waals surface area contributed by atoms with E-state index in [4.69, 9.17) is 19.0 Å². The number of carbonyl (C=O) groups is 1. The molecule has 13 nitrogen and oxygen atoms in total. The fourth-order valence-corrected chi connectivity index (χ4v) is 6.46. The summed E-state index contributed by atoms with van der Waals surface area (Å²) in [6.45, 7) is 3.41. The number of aromatic amines is 1. The second-order valence-electron chi connectivity index (χ2n) is 12.4. The highest BCUT2D eigenvalue weighted by Gasteiger charge is 2.55. The van der Waals surface area contributed by atoms with E-state index in [0.29, 0.717) is 45.6 Å². The van der Waals surface area contributed by atoms with Crippen LogP contribution in [-0.2, 0) is 18.8 Å². The largest absolute Gasteiger partial charge is 0.494 e. The van der Waals surface area contributed by atoms with Crippen molar-refractivity contribution in [1.29, 1.82) is 0 Å². The first-order chi connectivity index (χ1) is 23.3. The molecule has 7 rings (SSSR count). The predicted octanol–water partition coefficient (Wildman–Crippen LogP) is 0.778. The fraction of sp³-hybridized carbons (Fsp3) is 0.353. The van der Waals surface area contributed by atoms with Crippen LogP contribution in [0.15, 0.2) is 77.8 Å². The van der Waals surface area contributed by atoms with Crippen LogP contribution in [-0.4, -0.2) is 131 Å². The second-order valence-corrected chi connectivity index (χ2v) is 12.4. The molecule has 4 heterocycles. The molecular formula is C34H38BN5O8. The number of carbonyl (C=O) groups excluding carboxylic acids is 1. The third-order valence-electron chi connectivity index (χ3n) is 9.07. The van der Waals surface area contributed by atoms with Crippen LogP contribution < -0.4 is 10.8 Å². The van der Waals surface area contributed by atoms with Crippen molar-refractivity contribution in [2.45, 2.75) is 30.7 Å². The number of hydrogen-bond donors (Lipinski definition) is 6. The van der Waals surface area contributed by atoms with E-state index in [0.717, 1.165) is 31.7 Å². The van der Waals surface area contributed by atoms with Crippen LogP contribution in [0.25, 0.3) is 10.9 Å². The minimum atomic E-state index is -1.31. The van der Waals surface area contributed by atoms with Crippen LogP contribution in [0.4, 0.5) is 11.4 Å². The van der Waals surface area contributed by atoms with Crippen molar-refractivity contribution in [2.75, 3.05) is 51.7 Å². The lowest BCUT2D eigenvalue weighted by molar-refractivity contribution is -0.152. The number of fused-ring (bicyclic) bond motifs is 2. The van der Waals surface area contributed by atoms with Crippen LogP contribution in [0.2, 0.25) is 0 Å². The number of aliphatic imine (C=N–C) groups is 1. The van der Waals surface area contributed by atoms with Crippen molar-refractivity contribution in [2.24, 2.45) is 4.99 Å². The summed E-state index contributed by atoms with van der Waals surface area (Å²) in [6, 6.07) is 22.2. The standard InChI is InChI=1S/C34H38BN5O8/c1-39-13-15-40(16-14-39)18-27(43)36-22-8-10-23(11-9-22)37-29(20-5-3-2-4-6-20)28-24-12-7-21(17-25(24)38-33(28)44)35-47-31-30(26(42)19-41)46-34(45)32(31)48-35/h2-12,17,26,30-32,34,38,41-42,44-45H,13-16,18-19H2,1H3,(H,36,43)/t26-,30-,31+,32-,34?/m1/s1. The highest BCUT2D eigenvalue weighted by atomic mass is 16.7. The Kier molecular flexibility index (Phi) is 9.31. The van der Waals surface area contributed by atoms with Crippen LogP contribution in [0, 0.1) is 0 Å². The number of aliphatic hydroxyl groups is 3. The zero-order valence-electron chi connectivity index (χ0n) is 26.4. The topological polar surface area (TPSA) is 172 Å². The smallest absolute Gasteiger partial charge is 0.494 e. The summed E-state index contributed by atoms with van der Waals surface area (Å²) >= 11 is 0. The summed E-state index contributed by atoms with van der Waals surface area (Å²) in [7, 11) is 1.22. The van der Waals surface area contributed by atoms with E-state index in [-0.39, 0.29) is 11.8 Å². The number of aromatic nitrogens is 1. The fourth-order valence-electron chi connectivity index (χ4n) is 6.46. The molecule has 3 aromatic carbocycles. The maximum absolute atomic E-state index is 12.7. The molecule has 3 saturated heterocycles. The number of rotatable bonds is 9. The van der Waals surface area contributed by atoms with E-state index < -0.39 is 44.4 Å². The molecule has 0 radical (unpaired) electrons. The zero-order chi connectivity index (χ0) is 33.4. The number of aliphatic hydroxyl groups excluding tert-OH is 3. The molecule has 5 atom stereocenters. The van der Waals surface area contributed by atoms with Gasteiger partial charge in [0.05, 0.1) is 30.1 Å². The van der Waals surface area contributed by atoms with Gasteiger partial charge >= 0.3 is 7.12 Å². The number of aromatic hydroxyl groups is 1.